The molecule has 2 aliphatic heterocycles. The summed E-state index contributed by atoms with van der Waals surface area (Å²) in [7, 11) is 0. The minimum absolute atomic E-state index is 0.0264. The molecule has 1 aliphatic carbocycles. The molecule has 35 heavy (non-hydrogen) atoms. The van der Waals surface area contributed by atoms with E-state index in [0.29, 0.717) is 24.9 Å². The van der Waals surface area contributed by atoms with Gasteiger partial charge in [-0.3, -0.25) is 9.59 Å². The van der Waals surface area contributed by atoms with E-state index in [1.54, 1.807) is 6.07 Å². The first-order chi connectivity index (χ1) is 16.4. The summed E-state index contributed by atoms with van der Waals surface area (Å²) in [5.41, 5.74) is 3.01. The highest BCUT2D eigenvalue weighted by Gasteiger charge is 2.52. The number of anilines is 1. The van der Waals surface area contributed by atoms with Gasteiger partial charge in [-0.15, -0.1) is 8.78 Å². The molecule has 0 saturated heterocycles. The number of halogens is 2. The summed E-state index contributed by atoms with van der Waals surface area (Å²) in [6.45, 7) is 6.90. The van der Waals surface area contributed by atoms with Crippen LogP contribution >= 0.6 is 0 Å². The van der Waals surface area contributed by atoms with Crippen LogP contribution < -0.4 is 14.4 Å². The third kappa shape index (κ3) is 4.34. The molecule has 0 aromatic heterocycles. The molecule has 2 heterocycles. The number of aliphatic carboxylic acids is 1. The lowest BCUT2D eigenvalue weighted by atomic mass is 9.84. The Hall–Kier alpha value is -3.16. The van der Waals surface area contributed by atoms with E-state index in [0.717, 1.165) is 23.2 Å². The number of carboxylic acid groups (broad SMARTS) is 1. The molecule has 186 valence electrons. The van der Waals surface area contributed by atoms with Crippen molar-refractivity contribution >= 4 is 17.4 Å². The number of nitrogens with zero attached hydrogens (tertiary/aromatic N) is 1. The molecule has 0 radical (unpaired) electrons. The van der Waals surface area contributed by atoms with E-state index in [1.165, 1.54) is 12.1 Å². The van der Waals surface area contributed by atoms with Crippen molar-refractivity contribution in [3.8, 4) is 11.5 Å². The first kappa shape index (κ1) is 23.6. The zero-order valence-corrected chi connectivity index (χ0v) is 20.1. The fourth-order valence-corrected chi connectivity index (χ4v) is 5.40. The van der Waals surface area contributed by atoms with Crippen molar-refractivity contribution in [2.75, 3.05) is 11.4 Å². The molecule has 1 N–H and O–H groups in total. The van der Waals surface area contributed by atoms with Gasteiger partial charge in [0.15, 0.2) is 11.5 Å². The smallest absolute Gasteiger partial charge is 0.481 e. The van der Waals surface area contributed by atoms with Gasteiger partial charge in [0.25, 0.3) is 0 Å². The molecular weight excluding hydrogens is 456 g/mol. The van der Waals surface area contributed by atoms with Crippen LogP contribution in [0.5, 0.6) is 11.5 Å². The van der Waals surface area contributed by atoms with Crippen LogP contribution in [0.2, 0.25) is 0 Å². The Bertz CT molecular complexity index is 1200. The van der Waals surface area contributed by atoms with Crippen molar-refractivity contribution in [3.63, 3.8) is 0 Å². The fraction of sp³-hybridized carbons (Fsp3) is 0.481. The van der Waals surface area contributed by atoms with E-state index in [9.17, 15) is 23.5 Å². The van der Waals surface area contributed by atoms with Crippen LogP contribution in [0, 0.1) is 5.41 Å². The summed E-state index contributed by atoms with van der Waals surface area (Å²) in [5.74, 6) is -0.841. The van der Waals surface area contributed by atoms with Gasteiger partial charge >= 0.3 is 12.3 Å². The van der Waals surface area contributed by atoms with Gasteiger partial charge in [-0.1, -0.05) is 39.0 Å². The van der Waals surface area contributed by atoms with E-state index < -0.39 is 17.7 Å². The maximum absolute atomic E-state index is 13.4. The summed E-state index contributed by atoms with van der Waals surface area (Å²) in [4.78, 5) is 26.8. The zero-order valence-electron chi connectivity index (χ0n) is 20.1. The maximum Gasteiger partial charge on any atom is 0.586 e. The normalized spacial score (nSPS) is 21.1. The molecule has 0 amide bonds. The molecule has 1 unspecified atom stereocenters. The third-order valence-electron chi connectivity index (χ3n) is 7.41. The van der Waals surface area contributed by atoms with Crippen molar-refractivity contribution in [1.82, 2.24) is 0 Å². The van der Waals surface area contributed by atoms with Gasteiger partial charge < -0.3 is 19.5 Å². The number of ether oxygens (including phenoxy) is 2. The largest absolute Gasteiger partial charge is 0.586 e. The predicted molar refractivity (Wildman–Crippen MR) is 125 cm³/mol. The highest BCUT2D eigenvalue weighted by molar-refractivity contribution is 5.95. The summed E-state index contributed by atoms with van der Waals surface area (Å²) >= 11 is 0. The first-order valence-corrected chi connectivity index (χ1v) is 11.9. The molecule has 6 nitrogen and oxygen atoms in total. The second kappa shape index (κ2) is 7.93. The Morgan fingerprint density at radius 1 is 1.09 bits per heavy atom. The molecule has 1 atom stereocenters. The van der Waals surface area contributed by atoms with Gasteiger partial charge in [0.2, 0.25) is 0 Å². The lowest BCUT2D eigenvalue weighted by Gasteiger charge is -2.36. The molecule has 0 spiro atoms. The van der Waals surface area contributed by atoms with Crippen molar-refractivity contribution in [1.29, 1.82) is 0 Å². The topological polar surface area (TPSA) is 76.1 Å². The summed E-state index contributed by atoms with van der Waals surface area (Å²) in [5, 5.41) is 9.19. The van der Waals surface area contributed by atoms with Crippen LogP contribution in [0.25, 0.3) is 0 Å². The molecular formula is C27H29F2NO5. The molecule has 0 bridgehead atoms. The van der Waals surface area contributed by atoms with Gasteiger partial charge in [0, 0.05) is 24.7 Å². The quantitative estimate of drug-likeness (QED) is 0.588. The van der Waals surface area contributed by atoms with Crippen molar-refractivity contribution in [2.24, 2.45) is 5.41 Å². The number of Topliss-reactive ketones (excluding diaryl/α,β-unsaturated/α-hetero) is 1. The Labute approximate surface area is 202 Å². The minimum atomic E-state index is -3.69. The molecule has 1 fully saturated rings. The van der Waals surface area contributed by atoms with Gasteiger partial charge in [0.05, 0.1) is 11.8 Å². The average Bonchev–Trinajstić information content (AvgIpc) is 3.39. The van der Waals surface area contributed by atoms with E-state index in [4.69, 9.17) is 0 Å². The lowest BCUT2D eigenvalue weighted by Crippen LogP contribution is -2.42. The number of alkyl halides is 2. The summed E-state index contributed by atoms with van der Waals surface area (Å²) in [6.07, 6.45) is -1.25. The number of benzene rings is 2. The third-order valence-corrected chi connectivity index (χ3v) is 7.41. The zero-order chi connectivity index (χ0) is 25.2. The number of carbonyl (C=O) groups is 2. The Morgan fingerprint density at radius 3 is 2.46 bits per heavy atom. The van der Waals surface area contributed by atoms with E-state index >= 15 is 0 Å². The van der Waals surface area contributed by atoms with E-state index in [2.05, 4.69) is 41.2 Å². The van der Waals surface area contributed by atoms with Crippen LogP contribution in [-0.4, -0.2) is 35.7 Å². The van der Waals surface area contributed by atoms with Gasteiger partial charge in [-0.25, -0.2) is 0 Å². The fourth-order valence-electron chi connectivity index (χ4n) is 5.40. The standard InChI is InChI=1S/C27H29F2NO5/c1-25(2,3)22-14-17-12-16(4-6-19(17)30(22)11-8-24(32)33)13-23(31)26(9-10-26)18-5-7-20-21(15-18)35-27(28,29)34-20/h4-7,12,15,22H,8-11,13-14H2,1-3H3,(H,32,33). The van der Waals surface area contributed by atoms with Gasteiger partial charge in [-0.05, 0) is 59.6 Å². The highest BCUT2D eigenvalue weighted by Crippen LogP contribution is 2.53. The first-order valence-electron chi connectivity index (χ1n) is 11.9. The SMILES string of the molecule is CC(C)(C)C1Cc2cc(CC(=O)C3(c4ccc5c(c4)OC(F)(F)O5)CC3)ccc2N1CCC(=O)O. The number of carboxylic acids is 1. The number of fused-ring (bicyclic) bond motifs is 2. The Morgan fingerprint density at radius 2 is 1.80 bits per heavy atom. The molecule has 1 saturated carbocycles. The Balaban J connectivity index is 1.35. The molecule has 2 aromatic carbocycles. The summed E-state index contributed by atoms with van der Waals surface area (Å²) < 4.78 is 35.9. The van der Waals surface area contributed by atoms with Crippen LogP contribution in [0.4, 0.5) is 14.5 Å². The van der Waals surface area contributed by atoms with Crippen LogP contribution in [0.15, 0.2) is 36.4 Å². The van der Waals surface area contributed by atoms with Crippen LogP contribution in [0.1, 0.15) is 56.7 Å². The van der Waals surface area contributed by atoms with Crippen LogP contribution in [0.3, 0.4) is 0 Å². The minimum Gasteiger partial charge on any atom is -0.481 e. The van der Waals surface area contributed by atoms with E-state index in [-0.39, 0.29) is 41.6 Å². The number of hydrogen-bond donors (Lipinski definition) is 1. The molecule has 5 rings (SSSR count). The second-order valence-electron chi connectivity index (χ2n) is 10.9. The van der Waals surface area contributed by atoms with Crippen LogP contribution in [-0.2, 0) is 27.8 Å². The van der Waals surface area contributed by atoms with Gasteiger partial charge in [-0.2, -0.15) is 0 Å². The number of carbonyl (C=O) groups excluding carboxylic acids is 1. The Kier molecular flexibility index (Phi) is 5.34. The molecule has 8 heteroatoms. The molecule has 2 aromatic rings. The highest BCUT2D eigenvalue weighted by atomic mass is 19.3. The second-order valence-corrected chi connectivity index (χ2v) is 10.9. The maximum atomic E-state index is 13.4. The lowest BCUT2D eigenvalue weighted by molar-refractivity contribution is -0.286. The van der Waals surface area contributed by atoms with Crippen molar-refractivity contribution in [2.45, 2.75) is 70.6 Å². The summed E-state index contributed by atoms with van der Waals surface area (Å²) in [6, 6.07) is 10.8. The number of ketones is 1. The predicted octanol–water partition coefficient (Wildman–Crippen LogP) is 5.10. The van der Waals surface area contributed by atoms with Crippen molar-refractivity contribution < 1.29 is 33.0 Å². The average molecular weight is 486 g/mol. The number of rotatable bonds is 7. The van der Waals surface area contributed by atoms with Gasteiger partial charge in [0.1, 0.15) is 5.78 Å². The van der Waals surface area contributed by atoms with Crippen molar-refractivity contribution in [3.05, 3.63) is 53.1 Å². The monoisotopic (exact) mass is 485 g/mol. The van der Waals surface area contributed by atoms with E-state index in [1.807, 2.05) is 12.1 Å². The number of hydrogen-bond acceptors (Lipinski definition) is 5. The molecule has 3 aliphatic rings.